The van der Waals surface area contributed by atoms with Crippen LogP contribution in [0.5, 0.6) is 0 Å². The number of fused-ring (bicyclic) bond motifs is 1. The summed E-state index contributed by atoms with van der Waals surface area (Å²) in [7, 11) is 0. The second-order valence-corrected chi connectivity index (χ2v) is 2.48. The number of halogens is 1. The zero-order valence-corrected chi connectivity index (χ0v) is 6.33. The van der Waals surface area contributed by atoms with Gasteiger partial charge in [-0.15, -0.1) is 0 Å². The molecule has 0 radical (unpaired) electrons. The molecule has 1 aromatic heterocycles. The van der Waals surface area contributed by atoms with Crippen molar-refractivity contribution in [2.24, 2.45) is 0 Å². The Hall–Kier alpha value is -1.91. The first-order valence-electron chi connectivity index (χ1n) is 3.49. The highest BCUT2D eigenvalue weighted by Gasteiger charge is 2.02. The lowest BCUT2D eigenvalue weighted by Crippen LogP contribution is -2.17. The van der Waals surface area contributed by atoms with Crippen LogP contribution in [0, 0.1) is 5.82 Å². The second kappa shape index (κ2) is 2.55. The Kier molecular flexibility index (Phi) is 1.51. The highest BCUT2D eigenvalue weighted by atomic mass is 19.1. The molecule has 66 valence electrons. The highest BCUT2D eigenvalue weighted by molar-refractivity contribution is 5.74. The van der Waals surface area contributed by atoms with Crippen LogP contribution in [0.15, 0.2) is 32.2 Å². The molecule has 2 aromatic rings. The molecule has 0 aliphatic heterocycles. The lowest BCUT2D eigenvalue weighted by Gasteiger charge is -1.93. The maximum absolute atomic E-state index is 12.6. The molecule has 0 saturated carbocycles. The highest BCUT2D eigenvalue weighted by Crippen LogP contribution is 2.08. The largest absolute Gasteiger partial charge is 0.419 e. The molecular formula is C8H4FNO3. The van der Waals surface area contributed by atoms with E-state index in [2.05, 4.69) is 4.42 Å². The van der Waals surface area contributed by atoms with E-state index in [9.17, 15) is 14.0 Å². The third-order valence-corrected chi connectivity index (χ3v) is 1.61. The van der Waals surface area contributed by atoms with Gasteiger partial charge >= 0.3 is 5.76 Å². The van der Waals surface area contributed by atoms with Gasteiger partial charge in [0.2, 0.25) is 0 Å². The molecule has 1 aromatic carbocycles. The fraction of sp³-hybridized carbons (Fsp3) is 0. The molecule has 0 aliphatic carbocycles. The molecule has 0 atom stereocenters. The molecule has 1 N–H and O–H groups in total. The van der Waals surface area contributed by atoms with Gasteiger partial charge in [-0.3, -0.25) is 9.78 Å². The molecule has 0 spiro atoms. The average Bonchev–Trinajstić information content (AvgIpc) is 2.02. The van der Waals surface area contributed by atoms with Crippen LogP contribution in [-0.2, 0) is 0 Å². The van der Waals surface area contributed by atoms with E-state index in [-0.39, 0.29) is 11.0 Å². The van der Waals surface area contributed by atoms with Gasteiger partial charge in [-0.2, -0.15) is 0 Å². The maximum atomic E-state index is 12.6. The molecule has 0 bridgehead atoms. The average molecular weight is 181 g/mol. The topological polar surface area (TPSA) is 63.1 Å². The molecule has 13 heavy (non-hydrogen) atoms. The fourth-order valence-electron chi connectivity index (χ4n) is 1.05. The second-order valence-electron chi connectivity index (χ2n) is 2.48. The summed E-state index contributed by atoms with van der Waals surface area (Å²) in [6, 6.07) is 3.37. The van der Waals surface area contributed by atoms with Crippen LogP contribution in [0.1, 0.15) is 0 Å². The normalized spacial score (nSPS) is 10.5. The molecule has 0 amide bonds. The summed E-state index contributed by atoms with van der Waals surface area (Å²) >= 11 is 0. The van der Waals surface area contributed by atoms with Crippen molar-refractivity contribution in [3.8, 4) is 0 Å². The molecule has 0 unspecified atom stereocenters. The van der Waals surface area contributed by atoms with Gasteiger partial charge in [-0.05, 0) is 12.1 Å². The summed E-state index contributed by atoms with van der Waals surface area (Å²) in [6.07, 6.45) is 0. The van der Waals surface area contributed by atoms with Gasteiger partial charge in [0.15, 0.2) is 0 Å². The van der Waals surface area contributed by atoms with Gasteiger partial charge in [0, 0.05) is 6.07 Å². The van der Waals surface area contributed by atoms with Crippen molar-refractivity contribution >= 4 is 11.0 Å². The van der Waals surface area contributed by atoms with Crippen LogP contribution in [0.3, 0.4) is 0 Å². The molecular weight excluding hydrogens is 177 g/mol. The first-order chi connectivity index (χ1) is 6.16. The van der Waals surface area contributed by atoms with Crippen molar-refractivity contribution in [3.05, 3.63) is 44.9 Å². The van der Waals surface area contributed by atoms with Crippen LogP contribution in [-0.4, -0.2) is 4.98 Å². The van der Waals surface area contributed by atoms with E-state index in [1.54, 1.807) is 0 Å². The summed E-state index contributed by atoms with van der Waals surface area (Å²) in [5.41, 5.74) is -0.625. The SMILES string of the molecule is O=c1[nH]c(=O)c2ccc(F)cc2o1. The Morgan fingerprint density at radius 2 is 2.08 bits per heavy atom. The standard InChI is InChI=1S/C8H4FNO3/c9-4-1-2-5-6(3-4)13-8(12)10-7(5)11/h1-3H,(H,10,11,12). The van der Waals surface area contributed by atoms with Crippen molar-refractivity contribution in [1.29, 1.82) is 0 Å². The van der Waals surface area contributed by atoms with Gasteiger partial charge in [-0.1, -0.05) is 0 Å². The van der Waals surface area contributed by atoms with Crippen molar-refractivity contribution in [1.82, 2.24) is 4.98 Å². The Balaban J connectivity index is 3.03. The Morgan fingerprint density at radius 1 is 1.31 bits per heavy atom. The third-order valence-electron chi connectivity index (χ3n) is 1.61. The molecule has 0 aliphatic rings. The smallest absolute Gasteiger partial charge is 0.409 e. The van der Waals surface area contributed by atoms with Gasteiger partial charge in [-0.25, -0.2) is 9.18 Å². The third kappa shape index (κ3) is 1.24. The van der Waals surface area contributed by atoms with Crippen LogP contribution in [0.2, 0.25) is 0 Å². The van der Waals surface area contributed by atoms with E-state index in [0.717, 1.165) is 12.1 Å². The fourth-order valence-corrected chi connectivity index (χ4v) is 1.05. The number of hydrogen-bond donors (Lipinski definition) is 1. The van der Waals surface area contributed by atoms with Crippen molar-refractivity contribution in [2.75, 3.05) is 0 Å². The summed E-state index contributed by atoms with van der Waals surface area (Å²) in [4.78, 5) is 23.7. The Bertz CT molecular complexity index is 569. The van der Waals surface area contributed by atoms with E-state index in [4.69, 9.17) is 0 Å². The van der Waals surface area contributed by atoms with Gasteiger partial charge in [0.1, 0.15) is 11.4 Å². The quantitative estimate of drug-likeness (QED) is 0.647. The molecule has 0 fully saturated rings. The zero-order valence-electron chi connectivity index (χ0n) is 6.33. The summed E-state index contributed by atoms with van der Waals surface area (Å²) in [5, 5.41) is 0.154. The van der Waals surface area contributed by atoms with Gasteiger partial charge in [0.05, 0.1) is 5.39 Å². The summed E-state index contributed by atoms with van der Waals surface area (Å²) < 4.78 is 17.2. The number of benzene rings is 1. The van der Waals surface area contributed by atoms with Crippen LogP contribution in [0.4, 0.5) is 4.39 Å². The zero-order chi connectivity index (χ0) is 9.42. The van der Waals surface area contributed by atoms with Crippen LogP contribution < -0.4 is 11.3 Å². The van der Waals surface area contributed by atoms with E-state index in [1.807, 2.05) is 4.98 Å². The van der Waals surface area contributed by atoms with Gasteiger partial charge < -0.3 is 4.42 Å². The number of H-pyrrole nitrogens is 1. The molecule has 2 rings (SSSR count). The van der Waals surface area contributed by atoms with E-state index < -0.39 is 17.1 Å². The Morgan fingerprint density at radius 3 is 2.85 bits per heavy atom. The van der Waals surface area contributed by atoms with Crippen LogP contribution in [0.25, 0.3) is 11.0 Å². The molecule has 4 nitrogen and oxygen atoms in total. The van der Waals surface area contributed by atoms with Crippen molar-refractivity contribution < 1.29 is 8.81 Å². The van der Waals surface area contributed by atoms with E-state index in [0.29, 0.717) is 0 Å². The summed E-state index contributed by atoms with van der Waals surface area (Å²) in [5.74, 6) is -1.44. The van der Waals surface area contributed by atoms with Crippen LogP contribution >= 0.6 is 0 Å². The number of aromatic amines is 1. The van der Waals surface area contributed by atoms with E-state index in [1.165, 1.54) is 6.07 Å². The summed E-state index contributed by atoms with van der Waals surface area (Å²) in [6.45, 7) is 0. The first kappa shape index (κ1) is 7.72. The maximum Gasteiger partial charge on any atom is 0.419 e. The first-order valence-corrected chi connectivity index (χ1v) is 3.49. The molecule has 1 heterocycles. The van der Waals surface area contributed by atoms with Crippen molar-refractivity contribution in [3.63, 3.8) is 0 Å². The minimum absolute atomic E-state index is 0.0475. The predicted octanol–water partition coefficient (Wildman–Crippen LogP) is 0.620. The predicted molar refractivity (Wildman–Crippen MR) is 43.1 cm³/mol. The number of rotatable bonds is 0. The number of aromatic nitrogens is 1. The lowest BCUT2D eigenvalue weighted by molar-refractivity contribution is 0.523. The minimum atomic E-state index is -0.886. The Labute approximate surface area is 70.6 Å². The molecule has 5 heteroatoms. The molecule has 0 saturated heterocycles. The number of nitrogens with one attached hydrogen (secondary N) is 1. The number of hydrogen-bond acceptors (Lipinski definition) is 3. The monoisotopic (exact) mass is 181 g/mol. The van der Waals surface area contributed by atoms with Crippen molar-refractivity contribution in [2.45, 2.75) is 0 Å². The lowest BCUT2D eigenvalue weighted by atomic mass is 10.2. The minimum Gasteiger partial charge on any atom is -0.409 e. The van der Waals surface area contributed by atoms with E-state index >= 15 is 0 Å². The van der Waals surface area contributed by atoms with Gasteiger partial charge in [0.25, 0.3) is 5.56 Å².